The Labute approximate surface area is 172 Å². The molecule has 29 heavy (non-hydrogen) atoms. The summed E-state index contributed by atoms with van der Waals surface area (Å²) in [6.07, 6.45) is -0.345. The van der Waals surface area contributed by atoms with Crippen molar-refractivity contribution in [1.29, 1.82) is 0 Å². The largest absolute Gasteiger partial charge is 0.388 e. The predicted molar refractivity (Wildman–Crippen MR) is 107 cm³/mol. The maximum absolute atomic E-state index is 12.9. The fourth-order valence-electron chi connectivity index (χ4n) is 3.53. The van der Waals surface area contributed by atoms with E-state index >= 15 is 0 Å². The van der Waals surface area contributed by atoms with Gasteiger partial charge in [0.15, 0.2) is 0 Å². The van der Waals surface area contributed by atoms with Crippen LogP contribution < -0.4 is 0 Å². The Morgan fingerprint density at radius 1 is 1.34 bits per heavy atom. The van der Waals surface area contributed by atoms with E-state index in [2.05, 4.69) is 4.98 Å². The second-order valence-corrected chi connectivity index (χ2v) is 8.98. The van der Waals surface area contributed by atoms with Crippen LogP contribution in [-0.4, -0.2) is 81.8 Å². The van der Waals surface area contributed by atoms with Gasteiger partial charge in [0.2, 0.25) is 6.41 Å². The van der Waals surface area contributed by atoms with E-state index in [9.17, 15) is 14.7 Å². The fraction of sp³-hybridized carbons (Fsp3) is 0.750. The maximum Gasteiger partial charge on any atom is 0.278 e. The third-order valence-electron chi connectivity index (χ3n) is 4.92. The Morgan fingerprint density at radius 3 is 2.48 bits per heavy atom. The number of aliphatic hydroxyl groups excluding tert-OH is 1. The summed E-state index contributed by atoms with van der Waals surface area (Å²) < 4.78 is 13.9. The summed E-state index contributed by atoms with van der Waals surface area (Å²) in [5.74, 6) is -0.730. The van der Waals surface area contributed by atoms with Crippen LogP contribution >= 0.6 is 0 Å². The van der Waals surface area contributed by atoms with Crippen LogP contribution in [-0.2, 0) is 20.8 Å². The van der Waals surface area contributed by atoms with E-state index in [1.54, 1.807) is 17.8 Å². The third kappa shape index (κ3) is 5.22. The van der Waals surface area contributed by atoms with Crippen molar-refractivity contribution in [3.05, 3.63) is 17.7 Å². The molecule has 1 aromatic rings. The molecule has 1 aromatic heterocycles. The molecule has 2 heterocycles. The quantitative estimate of drug-likeness (QED) is 0.706. The zero-order chi connectivity index (χ0) is 22.1. The first-order chi connectivity index (χ1) is 13.4. The molecule has 1 fully saturated rings. The fourth-order valence-corrected chi connectivity index (χ4v) is 3.53. The van der Waals surface area contributed by atoms with Crippen molar-refractivity contribution in [2.75, 3.05) is 21.1 Å². The zero-order valence-corrected chi connectivity index (χ0v) is 18.6. The highest BCUT2D eigenvalue weighted by Crippen LogP contribution is 2.37. The topological polar surface area (TPSA) is 97.1 Å². The van der Waals surface area contributed by atoms with Gasteiger partial charge in [-0.15, -0.1) is 0 Å². The molecule has 1 aliphatic rings. The molecule has 1 aliphatic heterocycles. The number of nitrogens with zero attached hydrogens (tertiary/aromatic N) is 4. The molecule has 0 spiro atoms. The maximum atomic E-state index is 12.9. The number of ether oxygens (including phenoxy) is 2. The number of aliphatic hydroxyl groups is 1. The number of carbonyl (C=O) groups excluding carboxylic acids is 2. The SMILES string of the molecule is CC1OC(n2cnc(CN(C)C)c2C(=O)N(C)C=O)C(C)C(OC(C)(C)C)C1O. The van der Waals surface area contributed by atoms with Crippen molar-refractivity contribution >= 4 is 12.3 Å². The summed E-state index contributed by atoms with van der Waals surface area (Å²) in [6, 6.07) is 0. The lowest BCUT2D eigenvalue weighted by atomic mass is 9.90. The van der Waals surface area contributed by atoms with Gasteiger partial charge in [-0.1, -0.05) is 6.92 Å². The van der Waals surface area contributed by atoms with Crippen LogP contribution in [0.1, 0.15) is 57.0 Å². The van der Waals surface area contributed by atoms with E-state index in [1.165, 1.54) is 7.05 Å². The minimum Gasteiger partial charge on any atom is -0.388 e. The van der Waals surface area contributed by atoms with Gasteiger partial charge >= 0.3 is 0 Å². The second kappa shape index (κ2) is 8.91. The van der Waals surface area contributed by atoms with Gasteiger partial charge < -0.3 is 19.5 Å². The average molecular weight is 411 g/mol. The molecule has 0 radical (unpaired) electrons. The number of rotatable bonds is 6. The van der Waals surface area contributed by atoms with Crippen LogP contribution in [0.15, 0.2) is 6.33 Å². The number of amides is 2. The number of carbonyl (C=O) groups is 2. The van der Waals surface area contributed by atoms with Gasteiger partial charge in [-0.3, -0.25) is 19.1 Å². The van der Waals surface area contributed by atoms with Gasteiger partial charge in [-0.05, 0) is 41.8 Å². The lowest BCUT2D eigenvalue weighted by molar-refractivity contribution is -0.247. The van der Waals surface area contributed by atoms with E-state index in [-0.39, 0.29) is 5.92 Å². The standard InChI is InChI=1S/C20H34N4O5/c1-12-17(29-20(3,4)5)16(26)13(2)28-19(12)24-10-21-14(9-22(6)7)15(24)18(27)23(8)11-25/h10-13,16-17,19,26H,9H2,1-8H3. The number of hydrogen-bond acceptors (Lipinski definition) is 7. The van der Waals surface area contributed by atoms with E-state index in [4.69, 9.17) is 9.47 Å². The Balaban J connectivity index is 2.49. The van der Waals surface area contributed by atoms with Crippen LogP contribution in [0.2, 0.25) is 0 Å². The Morgan fingerprint density at radius 2 is 1.97 bits per heavy atom. The molecule has 0 aliphatic carbocycles. The van der Waals surface area contributed by atoms with Gasteiger partial charge in [-0.2, -0.15) is 0 Å². The Hall–Kier alpha value is -1.81. The van der Waals surface area contributed by atoms with Crippen LogP contribution in [0.25, 0.3) is 0 Å². The molecule has 1 N–H and O–H groups in total. The molecular formula is C20H34N4O5. The van der Waals surface area contributed by atoms with E-state index in [1.807, 2.05) is 46.7 Å². The van der Waals surface area contributed by atoms with Crippen molar-refractivity contribution in [3.63, 3.8) is 0 Å². The molecular weight excluding hydrogens is 376 g/mol. The number of imidazole rings is 1. The molecule has 9 heteroatoms. The van der Waals surface area contributed by atoms with Gasteiger partial charge in [0.25, 0.3) is 5.91 Å². The second-order valence-electron chi connectivity index (χ2n) is 8.98. The van der Waals surface area contributed by atoms with Crippen LogP contribution in [0.3, 0.4) is 0 Å². The minimum absolute atomic E-state index is 0.269. The van der Waals surface area contributed by atoms with Gasteiger partial charge in [-0.25, -0.2) is 4.98 Å². The highest BCUT2D eigenvalue weighted by Gasteiger charge is 2.45. The molecule has 0 saturated carbocycles. The number of imide groups is 1. The smallest absolute Gasteiger partial charge is 0.278 e. The molecule has 2 amide bonds. The molecule has 1 saturated heterocycles. The normalized spacial score (nSPS) is 27.9. The molecule has 164 valence electrons. The lowest BCUT2D eigenvalue weighted by Crippen LogP contribution is -2.54. The molecule has 5 unspecified atom stereocenters. The molecule has 0 aromatic carbocycles. The first-order valence-corrected chi connectivity index (χ1v) is 9.81. The first kappa shape index (κ1) is 23.5. The first-order valence-electron chi connectivity index (χ1n) is 9.81. The number of hydrogen-bond donors (Lipinski definition) is 1. The van der Waals surface area contributed by atoms with Crippen LogP contribution in [0, 0.1) is 5.92 Å². The summed E-state index contributed by atoms with van der Waals surface area (Å²) in [6.45, 7) is 9.92. The van der Waals surface area contributed by atoms with Crippen molar-refractivity contribution in [1.82, 2.24) is 19.4 Å². The van der Waals surface area contributed by atoms with Crippen LogP contribution in [0.4, 0.5) is 0 Å². The summed E-state index contributed by atoms with van der Waals surface area (Å²) >= 11 is 0. The van der Waals surface area contributed by atoms with E-state index < -0.39 is 36.0 Å². The van der Waals surface area contributed by atoms with Crippen molar-refractivity contribution in [2.45, 2.75) is 71.3 Å². The highest BCUT2D eigenvalue weighted by molar-refractivity contribution is 5.99. The van der Waals surface area contributed by atoms with Crippen molar-refractivity contribution in [3.8, 4) is 0 Å². The van der Waals surface area contributed by atoms with Gasteiger partial charge in [0, 0.05) is 19.5 Å². The summed E-state index contributed by atoms with van der Waals surface area (Å²) in [4.78, 5) is 31.5. The molecule has 5 atom stereocenters. The zero-order valence-electron chi connectivity index (χ0n) is 18.6. The molecule has 2 rings (SSSR count). The number of aromatic nitrogens is 2. The average Bonchev–Trinajstić information content (AvgIpc) is 3.02. The van der Waals surface area contributed by atoms with Gasteiger partial charge in [0.1, 0.15) is 18.0 Å². The van der Waals surface area contributed by atoms with E-state index in [0.717, 1.165) is 4.90 Å². The monoisotopic (exact) mass is 410 g/mol. The third-order valence-corrected chi connectivity index (χ3v) is 4.92. The van der Waals surface area contributed by atoms with Crippen molar-refractivity contribution in [2.24, 2.45) is 5.92 Å². The Kier molecular flexibility index (Phi) is 7.21. The van der Waals surface area contributed by atoms with Crippen molar-refractivity contribution < 1.29 is 24.2 Å². The predicted octanol–water partition coefficient (Wildman–Crippen LogP) is 1.27. The summed E-state index contributed by atoms with van der Waals surface area (Å²) in [5.41, 5.74) is 0.392. The highest BCUT2D eigenvalue weighted by atomic mass is 16.6. The minimum atomic E-state index is -0.804. The molecule has 0 bridgehead atoms. The molecule has 9 nitrogen and oxygen atoms in total. The van der Waals surface area contributed by atoms with Gasteiger partial charge in [0.05, 0.1) is 29.8 Å². The summed E-state index contributed by atoms with van der Waals surface area (Å²) in [7, 11) is 5.17. The van der Waals surface area contributed by atoms with E-state index in [0.29, 0.717) is 24.3 Å². The van der Waals surface area contributed by atoms with Crippen LogP contribution in [0.5, 0.6) is 0 Å². The Bertz CT molecular complexity index is 727. The summed E-state index contributed by atoms with van der Waals surface area (Å²) in [5, 5.41) is 10.7. The lowest BCUT2D eigenvalue weighted by Gasteiger charge is -2.45.